The molecule has 2 aromatic rings. The molecule has 0 bridgehead atoms. The van der Waals surface area contributed by atoms with E-state index in [0.29, 0.717) is 5.75 Å². The van der Waals surface area contributed by atoms with Crippen molar-refractivity contribution in [3.8, 4) is 11.5 Å². The number of fused-ring (bicyclic) bond motifs is 1. The SMILES string of the molecule is Cc1cc(OCC(C)O)c2ccccc2c1O. The van der Waals surface area contributed by atoms with Gasteiger partial charge in [-0.2, -0.15) is 0 Å². The zero-order valence-electron chi connectivity index (χ0n) is 9.97. The molecule has 2 aromatic carbocycles. The lowest BCUT2D eigenvalue weighted by Gasteiger charge is -2.13. The third kappa shape index (κ3) is 2.34. The molecule has 0 saturated heterocycles. The lowest BCUT2D eigenvalue weighted by molar-refractivity contribution is 0.123. The number of rotatable bonds is 3. The highest BCUT2D eigenvalue weighted by Gasteiger charge is 2.09. The number of hydrogen-bond acceptors (Lipinski definition) is 3. The van der Waals surface area contributed by atoms with E-state index < -0.39 is 6.10 Å². The lowest BCUT2D eigenvalue weighted by atomic mass is 10.1. The summed E-state index contributed by atoms with van der Waals surface area (Å²) in [4.78, 5) is 0. The minimum Gasteiger partial charge on any atom is -0.507 e. The molecule has 0 aliphatic heterocycles. The smallest absolute Gasteiger partial charge is 0.127 e. The number of ether oxygens (including phenoxy) is 1. The zero-order chi connectivity index (χ0) is 12.4. The predicted molar refractivity (Wildman–Crippen MR) is 67.5 cm³/mol. The number of phenols is 1. The van der Waals surface area contributed by atoms with Crippen molar-refractivity contribution >= 4 is 10.8 Å². The molecule has 0 aliphatic carbocycles. The largest absolute Gasteiger partial charge is 0.507 e. The zero-order valence-corrected chi connectivity index (χ0v) is 9.97. The Hall–Kier alpha value is -1.74. The van der Waals surface area contributed by atoms with E-state index in [1.165, 1.54) is 0 Å². The molecule has 2 N–H and O–H groups in total. The van der Waals surface area contributed by atoms with E-state index in [9.17, 15) is 10.2 Å². The molecule has 1 unspecified atom stereocenters. The summed E-state index contributed by atoms with van der Waals surface area (Å²) < 4.78 is 5.56. The van der Waals surface area contributed by atoms with Gasteiger partial charge in [0.05, 0.1) is 6.10 Å². The minimum atomic E-state index is -0.511. The van der Waals surface area contributed by atoms with Gasteiger partial charge in [-0.1, -0.05) is 24.3 Å². The molecule has 0 fully saturated rings. The van der Waals surface area contributed by atoms with Gasteiger partial charge >= 0.3 is 0 Å². The van der Waals surface area contributed by atoms with Crippen molar-refractivity contribution in [2.75, 3.05) is 6.61 Å². The summed E-state index contributed by atoms with van der Waals surface area (Å²) in [5.41, 5.74) is 0.768. The fraction of sp³-hybridized carbons (Fsp3) is 0.286. The summed E-state index contributed by atoms with van der Waals surface area (Å²) in [6.45, 7) is 3.75. The van der Waals surface area contributed by atoms with E-state index in [0.717, 1.165) is 16.3 Å². The molecule has 2 rings (SSSR count). The number of hydrogen-bond donors (Lipinski definition) is 2. The number of phenolic OH excluding ortho intramolecular Hbond substituents is 1. The Balaban J connectivity index is 2.51. The fourth-order valence-electron chi connectivity index (χ4n) is 1.79. The van der Waals surface area contributed by atoms with Crippen LogP contribution in [0.5, 0.6) is 11.5 Å². The Kier molecular flexibility index (Phi) is 3.20. The van der Waals surface area contributed by atoms with Crippen molar-refractivity contribution in [3.63, 3.8) is 0 Å². The molecule has 0 radical (unpaired) electrons. The summed E-state index contributed by atoms with van der Waals surface area (Å²) in [6, 6.07) is 9.31. The van der Waals surface area contributed by atoms with Gasteiger partial charge in [-0.05, 0) is 25.5 Å². The van der Waals surface area contributed by atoms with Crippen LogP contribution in [0, 0.1) is 6.92 Å². The normalized spacial score (nSPS) is 12.6. The van der Waals surface area contributed by atoms with Gasteiger partial charge < -0.3 is 14.9 Å². The van der Waals surface area contributed by atoms with E-state index >= 15 is 0 Å². The number of aryl methyl sites for hydroxylation is 1. The third-order valence-corrected chi connectivity index (χ3v) is 2.65. The molecule has 0 aliphatic rings. The van der Waals surface area contributed by atoms with Crippen molar-refractivity contribution in [1.29, 1.82) is 0 Å². The van der Waals surface area contributed by atoms with Gasteiger partial charge in [0.1, 0.15) is 18.1 Å². The minimum absolute atomic E-state index is 0.244. The van der Waals surface area contributed by atoms with Crippen LogP contribution in [0.1, 0.15) is 12.5 Å². The van der Waals surface area contributed by atoms with E-state index in [1.807, 2.05) is 31.2 Å². The average molecular weight is 232 g/mol. The van der Waals surface area contributed by atoms with Crippen LogP contribution in [0.4, 0.5) is 0 Å². The Morgan fingerprint density at radius 2 is 1.88 bits per heavy atom. The van der Waals surface area contributed by atoms with Gasteiger partial charge in [-0.3, -0.25) is 0 Å². The van der Waals surface area contributed by atoms with Gasteiger partial charge in [0.25, 0.3) is 0 Å². The van der Waals surface area contributed by atoms with E-state index in [2.05, 4.69) is 0 Å². The second-order valence-electron chi connectivity index (χ2n) is 4.25. The molecular weight excluding hydrogens is 216 g/mol. The summed E-state index contributed by atoms with van der Waals surface area (Å²) >= 11 is 0. The Morgan fingerprint density at radius 3 is 2.53 bits per heavy atom. The first-order valence-electron chi connectivity index (χ1n) is 5.61. The fourth-order valence-corrected chi connectivity index (χ4v) is 1.79. The molecule has 0 heterocycles. The van der Waals surface area contributed by atoms with Gasteiger partial charge in [0.15, 0.2) is 0 Å². The van der Waals surface area contributed by atoms with Crippen LogP contribution in [0.25, 0.3) is 10.8 Å². The first-order valence-corrected chi connectivity index (χ1v) is 5.61. The monoisotopic (exact) mass is 232 g/mol. The lowest BCUT2D eigenvalue weighted by Crippen LogP contribution is -2.13. The molecule has 90 valence electrons. The van der Waals surface area contributed by atoms with E-state index in [1.54, 1.807) is 13.0 Å². The van der Waals surface area contributed by atoms with Gasteiger partial charge in [-0.15, -0.1) is 0 Å². The third-order valence-electron chi connectivity index (χ3n) is 2.65. The molecule has 1 atom stereocenters. The highest BCUT2D eigenvalue weighted by molar-refractivity contribution is 5.94. The van der Waals surface area contributed by atoms with E-state index in [4.69, 9.17) is 4.74 Å². The highest BCUT2D eigenvalue weighted by atomic mass is 16.5. The molecule has 17 heavy (non-hydrogen) atoms. The quantitative estimate of drug-likeness (QED) is 0.855. The molecular formula is C14H16O3. The summed E-state index contributed by atoms with van der Waals surface area (Å²) in [7, 11) is 0. The molecule has 3 nitrogen and oxygen atoms in total. The number of benzene rings is 2. The molecule has 0 saturated carbocycles. The first kappa shape index (κ1) is 11.7. The number of aliphatic hydroxyl groups is 1. The van der Waals surface area contributed by atoms with Gasteiger partial charge in [0, 0.05) is 10.8 Å². The van der Waals surface area contributed by atoms with Crippen LogP contribution < -0.4 is 4.74 Å². The van der Waals surface area contributed by atoms with Crippen LogP contribution in [-0.2, 0) is 0 Å². The van der Waals surface area contributed by atoms with Crippen LogP contribution in [0.3, 0.4) is 0 Å². The Morgan fingerprint density at radius 1 is 1.24 bits per heavy atom. The molecule has 3 heteroatoms. The maximum Gasteiger partial charge on any atom is 0.127 e. The van der Waals surface area contributed by atoms with Crippen molar-refractivity contribution < 1.29 is 14.9 Å². The summed E-state index contributed by atoms with van der Waals surface area (Å²) in [5.74, 6) is 0.974. The van der Waals surface area contributed by atoms with Crippen LogP contribution in [-0.4, -0.2) is 22.9 Å². The van der Waals surface area contributed by atoms with E-state index in [-0.39, 0.29) is 12.4 Å². The van der Waals surface area contributed by atoms with Crippen LogP contribution in [0.15, 0.2) is 30.3 Å². The van der Waals surface area contributed by atoms with Crippen LogP contribution >= 0.6 is 0 Å². The van der Waals surface area contributed by atoms with Crippen molar-refractivity contribution in [3.05, 3.63) is 35.9 Å². The second kappa shape index (κ2) is 4.63. The van der Waals surface area contributed by atoms with Crippen LogP contribution in [0.2, 0.25) is 0 Å². The maximum atomic E-state index is 9.96. The molecule has 0 amide bonds. The van der Waals surface area contributed by atoms with Gasteiger partial charge in [-0.25, -0.2) is 0 Å². The standard InChI is InChI=1S/C14H16O3/c1-9-7-13(17-8-10(2)15)11-5-3-4-6-12(11)14(9)16/h3-7,10,15-16H,8H2,1-2H3. The summed E-state index contributed by atoms with van der Waals surface area (Å²) in [5, 5.41) is 20.8. The summed E-state index contributed by atoms with van der Waals surface area (Å²) in [6.07, 6.45) is -0.511. The van der Waals surface area contributed by atoms with Crippen molar-refractivity contribution in [2.45, 2.75) is 20.0 Å². The van der Waals surface area contributed by atoms with Crippen molar-refractivity contribution in [1.82, 2.24) is 0 Å². The second-order valence-corrected chi connectivity index (χ2v) is 4.25. The highest BCUT2D eigenvalue weighted by Crippen LogP contribution is 2.35. The van der Waals surface area contributed by atoms with Gasteiger partial charge in [0.2, 0.25) is 0 Å². The topological polar surface area (TPSA) is 49.7 Å². The molecule has 0 spiro atoms. The Bertz CT molecular complexity index is 532. The molecule has 0 aromatic heterocycles. The number of aromatic hydroxyl groups is 1. The average Bonchev–Trinajstić information content (AvgIpc) is 2.32. The first-order chi connectivity index (χ1) is 8.09. The number of aliphatic hydroxyl groups excluding tert-OH is 1. The van der Waals surface area contributed by atoms with Crippen molar-refractivity contribution in [2.24, 2.45) is 0 Å². The predicted octanol–water partition coefficient (Wildman–Crippen LogP) is 2.61. The Labute approximate surface area is 100 Å². The maximum absolute atomic E-state index is 9.96.